The van der Waals surface area contributed by atoms with Gasteiger partial charge in [0.15, 0.2) is 18.1 Å². The average Bonchev–Trinajstić information content (AvgIpc) is 3.07. The van der Waals surface area contributed by atoms with Crippen LogP contribution in [0.15, 0.2) is 30.3 Å². The van der Waals surface area contributed by atoms with Gasteiger partial charge in [-0.05, 0) is 66.8 Å². The van der Waals surface area contributed by atoms with E-state index in [-0.39, 0.29) is 19.3 Å². The number of hydrogen-bond acceptors (Lipinski definition) is 4. The van der Waals surface area contributed by atoms with Crippen LogP contribution in [0.2, 0.25) is 0 Å². The molecule has 0 radical (unpaired) electrons. The largest absolute Gasteiger partial charge is 0.484 e. The molecule has 0 saturated heterocycles. The molecule has 5 nitrogen and oxygen atoms in total. The van der Waals surface area contributed by atoms with E-state index >= 15 is 0 Å². The maximum atomic E-state index is 12.5. The first-order valence-electron chi connectivity index (χ1n) is 8.49. The van der Waals surface area contributed by atoms with Gasteiger partial charge in [-0.15, -0.1) is 0 Å². The third-order valence-corrected chi connectivity index (χ3v) is 4.90. The van der Waals surface area contributed by atoms with E-state index in [1.807, 2.05) is 42.2 Å². The standard InChI is InChI=1S/C20H21NO4/c1-13-3-4-17(7-14(13)2)23-11-20(22)21-6-5-15-8-18-19(25-12-24-18)9-16(15)10-21/h3-4,7-9H,5-6,10-12H2,1-2H3. The lowest BCUT2D eigenvalue weighted by molar-refractivity contribution is -0.134. The summed E-state index contributed by atoms with van der Waals surface area (Å²) in [5, 5.41) is 0. The van der Waals surface area contributed by atoms with Crippen LogP contribution in [0.1, 0.15) is 22.3 Å². The molecule has 2 aliphatic rings. The molecule has 130 valence electrons. The summed E-state index contributed by atoms with van der Waals surface area (Å²) in [4.78, 5) is 14.4. The molecule has 2 aromatic rings. The Morgan fingerprint density at radius 1 is 1.08 bits per heavy atom. The lowest BCUT2D eigenvalue weighted by Gasteiger charge is -2.29. The van der Waals surface area contributed by atoms with E-state index in [1.54, 1.807) is 0 Å². The number of fused-ring (bicyclic) bond motifs is 2. The number of ether oxygens (including phenoxy) is 3. The van der Waals surface area contributed by atoms with Gasteiger partial charge in [-0.2, -0.15) is 0 Å². The molecular weight excluding hydrogens is 318 g/mol. The summed E-state index contributed by atoms with van der Waals surface area (Å²) in [5.41, 5.74) is 4.72. The van der Waals surface area contributed by atoms with Crippen molar-refractivity contribution in [2.24, 2.45) is 0 Å². The second kappa shape index (κ2) is 6.31. The lowest BCUT2D eigenvalue weighted by Crippen LogP contribution is -2.38. The third kappa shape index (κ3) is 3.14. The van der Waals surface area contributed by atoms with Gasteiger partial charge < -0.3 is 19.1 Å². The Kier molecular flexibility index (Phi) is 3.99. The second-order valence-electron chi connectivity index (χ2n) is 6.57. The Labute approximate surface area is 147 Å². The van der Waals surface area contributed by atoms with Gasteiger partial charge in [0.1, 0.15) is 5.75 Å². The average molecular weight is 339 g/mol. The number of hydrogen-bond donors (Lipinski definition) is 0. The van der Waals surface area contributed by atoms with Crippen molar-refractivity contribution in [3.8, 4) is 17.2 Å². The van der Waals surface area contributed by atoms with Crippen molar-refractivity contribution in [1.29, 1.82) is 0 Å². The van der Waals surface area contributed by atoms with Crippen LogP contribution in [0, 0.1) is 13.8 Å². The van der Waals surface area contributed by atoms with Gasteiger partial charge in [-0.25, -0.2) is 0 Å². The van der Waals surface area contributed by atoms with E-state index in [1.165, 1.54) is 11.1 Å². The van der Waals surface area contributed by atoms with Gasteiger partial charge in [0.2, 0.25) is 6.79 Å². The normalized spacial score (nSPS) is 15.0. The molecule has 0 spiro atoms. The number of rotatable bonds is 3. The van der Waals surface area contributed by atoms with Crippen molar-refractivity contribution in [2.75, 3.05) is 19.9 Å². The SMILES string of the molecule is Cc1ccc(OCC(=O)N2CCc3cc4c(cc3C2)OCO4)cc1C. The summed E-state index contributed by atoms with van der Waals surface area (Å²) in [6.07, 6.45) is 0.821. The summed E-state index contributed by atoms with van der Waals surface area (Å²) in [5.74, 6) is 2.30. The summed E-state index contributed by atoms with van der Waals surface area (Å²) < 4.78 is 16.5. The molecule has 1 amide bonds. The monoisotopic (exact) mass is 339 g/mol. The molecule has 2 heterocycles. The highest BCUT2D eigenvalue weighted by molar-refractivity contribution is 5.78. The smallest absolute Gasteiger partial charge is 0.260 e. The van der Waals surface area contributed by atoms with Crippen molar-refractivity contribution < 1.29 is 19.0 Å². The minimum absolute atomic E-state index is 0.00143. The van der Waals surface area contributed by atoms with E-state index in [9.17, 15) is 4.79 Å². The fraction of sp³-hybridized carbons (Fsp3) is 0.350. The summed E-state index contributed by atoms with van der Waals surface area (Å²) in [7, 11) is 0. The molecular formula is C20H21NO4. The Morgan fingerprint density at radius 3 is 2.60 bits per heavy atom. The van der Waals surface area contributed by atoms with Crippen LogP contribution in [-0.4, -0.2) is 30.8 Å². The molecule has 0 N–H and O–H groups in total. The van der Waals surface area contributed by atoms with Crippen LogP contribution in [0.25, 0.3) is 0 Å². The summed E-state index contributed by atoms with van der Waals surface area (Å²) in [6.45, 7) is 5.70. The number of nitrogens with zero attached hydrogens (tertiary/aromatic N) is 1. The van der Waals surface area contributed by atoms with Gasteiger partial charge in [0.05, 0.1) is 0 Å². The molecule has 25 heavy (non-hydrogen) atoms. The predicted molar refractivity (Wildman–Crippen MR) is 93.1 cm³/mol. The summed E-state index contributed by atoms with van der Waals surface area (Å²) >= 11 is 0. The lowest BCUT2D eigenvalue weighted by atomic mass is 9.99. The van der Waals surface area contributed by atoms with Crippen LogP contribution in [-0.2, 0) is 17.8 Å². The van der Waals surface area contributed by atoms with E-state index < -0.39 is 0 Å². The Balaban J connectivity index is 1.41. The van der Waals surface area contributed by atoms with E-state index in [4.69, 9.17) is 14.2 Å². The molecule has 0 aromatic heterocycles. The fourth-order valence-corrected chi connectivity index (χ4v) is 3.20. The van der Waals surface area contributed by atoms with Gasteiger partial charge in [-0.3, -0.25) is 4.79 Å². The van der Waals surface area contributed by atoms with Gasteiger partial charge in [0, 0.05) is 13.1 Å². The molecule has 5 heteroatoms. The van der Waals surface area contributed by atoms with Crippen LogP contribution < -0.4 is 14.2 Å². The Bertz CT molecular complexity index is 831. The fourth-order valence-electron chi connectivity index (χ4n) is 3.20. The van der Waals surface area contributed by atoms with E-state index in [0.29, 0.717) is 13.1 Å². The van der Waals surface area contributed by atoms with Crippen LogP contribution >= 0.6 is 0 Å². The van der Waals surface area contributed by atoms with Gasteiger partial charge in [0.25, 0.3) is 5.91 Å². The molecule has 0 unspecified atom stereocenters. The Hall–Kier alpha value is -2.69. The van der Waals surface area contributed by atoms with Crippen molar-refractivity contribution >= 4 is 5.91 Å². The van der Waals surface area contributed by atoms with Gasteiger partial charge in [-0.1, -0.05) is 6.07 Å². The van der Waals surface area contributed by atoms with Crippen LogP contribution in [0.5, 0.6) is 17.2 Å². The first kappa shape index (κ1) is 15.8. The number of benzene rings is 2. The number of carbonyl (C=O) groups excluding carboxylic acids is 1. The zero-order chi connectivity index (χ0) is 17.4. The molecule has 0 bridgehead atoms. The molecule has 0 aliphatic carbocycles. The van der Waals surface area contributed by atoms with E-state index in [0.717, 1.165) is 34.8 Å². The van der Waals surface area contributed by atoms with Crippen LogP contribution in [0.3, 0.4) is 0 Å². The maximum Gasteiger partial charge on any atom is 0.260 e. The van der Waals surface area contributed by atoms with Crippen molar-refractivity contribution in [3.05, 3.63) is 52.6 Å². The van der Waals surface area contributed by atoms with Crippen molar-refractivity contribution in [1.82, 2.24) is 4.90 Å². The molecule has 2 aliphatic heterocycles. The number of carbonyl (C=O) groups is 1. The Morgan fingerprint density at radius 2 is 1.84 bits per heavy atom. The highest BCUT2D eigenvalue weighted by atomic mass is 16.7. The quantitative estimate of drug-likeness (QED) is 0.862. The molecule has 0 atom stereocenters. The first-order chi connectivity index (χ1) is 12.1. The summed E-state index contributed by atoms with van der Waals surface area (Å²) in [6, 6.07) is 9.90. The zero-order valence-electron chi connectivity index (χ0n) is 14.5. The molecule has 0 saturated carbocycles. The minimum atomic E-state index is 0.00143. The van der Waals surface area contributed by atoms with Crippen LogP contribution in [0.4, 0.5) is 0 Å². The topological polar surface area (TPSA) is 48.0 Å². The van der Waals surface area contributed by atoms with E-state index in [2.05, 4.69) is 6.92 Å². The third-order valence-electron chi connectivity index (χ3n) is 4.90. The highest BCUT2D eigenvalue weighted by Crippen LogP contribution is 2.36. The first-order valence-corrected chi connectivity index (χ1v) is 8.49. The minimum Gasteiger partial charge on any atom is -0.484 e. The highest BCUT2D eigenvalue weighted by Gasteiger charge is 2.24. The predicted octanol–water partition coefficient (Wildman–Crippen LogP) is 3.00. The molecule has 2 aromatic carbocycles. The second-order valence-corrected chi connectivity index (χ2v) is 6.57. The van der Waals surface area contributed by atoms with Gasteiger partial charge >= 0.3 is 0 Å². The van der Waals surface area contributed by atoms with Crippen molar-refractivity contribution in [2.45, 2.75) is 26.8 Å². The number of aryl methyl sites for hydroxylation is 2. The molecule has 0 fully saturated rings. The zero-order valence-corrected chi connectivity index (χ0v) is 14.5. The maximum absolute atomic E-state index is 12.5. The molecule has 4 rings (SSSR count). The number of amides is 1. The van der Waals surface area contributed by atoms with Crippen molar-refractivity contribution in [3.63, 3.8) is 0 Å².